The number of nitrogens with one attached hydrogen (secondary N) is 1. The minimum atomic E-state index is 0.706. The Morgan fingerprint density at radius 1 is 1.41 bits per heavy atom. The van der Waals surface area contributed by atoms with E-state index in [9.17, 15) is 0 Å². The van der Waals surface area contributed by atoms with Gasteiger partial charge in [0.05, 0.1) is 6.61 Å². The zero-order valence-electron chi connectivity index (χ0n) is 11.9. The van der Waals surface area contributed by atoms with Crippen LogP contribution in [0.3, 0.4) is 0 Å². The fraction of sp³-hybridized carbons (Fsp3) is 1.00. The fourth-order valence-corrected chi connectivity index (χ4v) is 2.29. The Kier molecular flexibility index (Phi) is 7.04. The average Bonchev–Trinajstić information content (AvgIpc) is 2.31. The van der Waals surface area contributed by atoms with Crippen molar-refractivity contribution in [3.05, 3.63) is 0 Å². The molecule has 0 amide bonds. The first kappa shape index (κ1) is 14.9. The first-order valence-electron chi connectivity index (χ1n) is 6.74. The molecule has 0 aliphatic carbocycles. The molecule has 1 fully saturated rings. The molecule has 102 valence electrons. The van der Waals surface area contributed by atoms with E-state index in [1.54, 1.807) is 7.11 Å². The molecule has 0 spiro atoms. The van der Waals surface area contributed by atoms with Crippen molar-refractivity contribution in [1.29, 1.82) is 0 Å². The smallest absolute Gasteiger partial charge is 0.0589 e. The molecule has 0 aromatic heterocycles. The van der Waals surface area contributed by atoms with Gasteiger partial charge < -0.3 is 19.9 Å². The highest BCUT2D eigenvalue weighted by Gasteiger charge is 2.21. The SMILES string of the molecule is COCCN(C)CCNC1CCN(C)C(C)C1. The van der Waals surface area contributed by atoms with E-state index >= 15 is 0 Å². The molecule has 1 aliphatic rings. The number of likely N-dealkylation sites (tertiary alicyclic amines) is 1. The van der Waals surface area contributed by atoms with Gasteiger partial charge in [-0.3, -0.25) is 0 Å². The first-order chi connectivity index (χ1) is 8.13. The monoisotopic (exact) mass is 243 g/mol. The second-order valence-corrected chi connectivity index (χ2v) is 5.30. The summed E-state index contributed by atoms with van der Waals surface area (Å²) in [6.07, 6.45) is 2.56. The Hall–Kier alpha value is -0.160. The summed E-state index contributed by atoms with van der Waals surface area (Å²) < 4.78 is 5.07. The largest absolute Gasteiger partial charge is 0.383 e. The van der Waals surface area contributed by atoms with E-state index in [-0.39, 0.29) is 0 Å². The Morgan fingerprint density at radius 2 is 2.18 bits per heavy atom. The molecule has 1 heterocycles. The van der Waals surface area contributed by atoms with Crippen LogP contribution in [-0.2, 0) is 4.74 Å². The summed E-state index contributed by atoms with van der Waals surface area (Å²) in [4.78, 5) is 4.76. The fourth-order valence-electron chi connectivity index (χ4n) is 2.29. The van der Waals surface area contributed by atoms with E-state index < -0.39 is 0 Å². The van der Waals surface area contributed by atoms with Gasteiger partial charge in [0.15, 0.2) is 0 Å². The number of ether oxygens (including phenoxy) is 1. The van der Waals surface area contributed by atoms with Crippen LogP contribution in [0.25, 0.3) is 0 Å². The normalized spacial score (nSPS) is 26.6. The van der Waals surface area contributed by atoms with Gasteiger partial charge in [-0.15, -0.1) is 0 Å². The average molecular weight is 243 g/mol. The molecule has 1 N–H and O–H groups in total. The molecule has 0 aromatic carbocycles. The van der Waals surface area contributed by atoms with Gasteiger partial charge in [0.2, 0.25) is 0 Å². The third-order valence-corrected chi connectivity index (χ3v) is 3.81. The minimum Gasteiger partial charge on any atom is -0.383 e. The summed E-state index contributed by atoms with van der Waals surface area (Å²) in [7, 11) is 6.13. The van der Waals surface area contributed by atoms with Crippen LogP contribution < -0.4 is 5.32 Å². The van der Waals surface area contributed by atoms with Crippen molar-refractivity contribution in [2.45, 2.75) is 31.8 Å². The lowest BCUT2D eigenvalue weighted by atomic mass is 9.99. The summed E-state index contributed by atoms with van der Waals surface area (Å²) in [5.74, 6) is 0. The van der Waals surface area contributed by atoms with Crippen molar-refractivity contribution in [3.8, 4) is 0 Å². The Morgan fingerprint density at radius 3 is 2.82 bits per heavy atom. The lowest BCUT2D eigenvalue weighted by molar-refractivity contribution is 0.153. The summed E-state index contributed by atoms with van der Waals surface area (Å²) in [6, 6.07) is 1.42. The molecule has 4 heteroatoms. The molecular weight excluding hydrogens is 214 g/mol. The van der Waals surface area contributed by atoms with Gasteiger partial charge in [0, 0.05) is 38.8 Å². The van der Waals surface area contributed by atoms with Crippen LogP contribution in [0.5, 0.6) is 0 Å². The summed E-state index contributed by atoms with van der Waals surface area (Å²) in [6.45, 7) is 7.56. The highest BCUT2D eigenvalue weighted by Crippen LogP contribution is 2.14. The second kappa shape index (κ2) is 8.03. The van der Waals surface area contributed by atoms with Gasteiger partial charge in [-0.1, -0.05) is 0 Å². The molecule has 0 radical (unpaired) electrons. The number of likely N-dealkylation sites (N-methyl/N-ethyl adjacent to an activating group) is 1. The topological polar surface area (TPSA) is 27.7 Å². The van der Waals surface area contributed by atoms with E-state index in [1.807, 2.05) is 0 Å². The highest BCUT2D eigenvalue weighted by molar-refractivity contribution is 4.81. The molecule has 4 nitrogen and oxygen atoms in total. The molecule has 0 saturated carbocycles. The quantitative estimate of drug-likeness (QED) is 0.710. The van der Waals surface area contributed by atoms with Crippen LogP contribution in [0.15, 0.2) is 0 Å². The van der Waals surface area contributed by atoms with Crippen LogP contribution >= 0.6 is 0 Å². The Labute approximate surface area is 106 Å². The van der Waals surface area contributed by atoms with E-state index in [0.29, 0.717) is 12.1 Å². The molecule has 0 bridgehead atoms. The van der Waals surface area contributed by atoms with E-state index in [0.717, 1.165) is 26.2 Å². The van der Waals surface area contributed by atoms with Crippen LogP contribution in [0.1, 0.15) is 19.8 Å². The van der Waals surface area contributed by atoms with Crippen molar-refractivity contribution in [1.82, 2.24) is 15.1 Å². The van der Waals surface area contributed by atoms with Gasteiger partial charge in [-0.25, -0.2) is 0 Å². The van der Waals surface area contributed by atoms with Crippen molar-refractivity contribution >= 4 is 0 Å². The maximum absolute atomic E-state index is 5.07. The van der Waals surface area contributed by atoms with Crippen LogP contribution in [0.2, 0.25) is 0 Å². The van der Waals surface area contributed by atoms with Gasteiger partial charge in [0.1, 0.15) is 0 Å². The third-order valence-electron chi connectivity index (χ3n) is 3.81. The zero-order chi connectivity index (χ0) is 12.7. The van der Waals surface area contributed by atoms with Crippen LogP contribution in [0, 0.1) is 0 Å². The molecule has 0 aromatic rings. The number of piperidine rings is 1. The summed E-state index contributed by atoms with van der Waals surface area (Å²) in [5.41, 5.74) is 0. The maximum atomic E-state index is 5.07. The van der Waals surface area contributed by atoms with E-state index in [1.165, 1.54) is 19.4 Å². The maximum Gasteiger partial charge on any atom is 0.0589 e. The second-order valence-electron chi connectivity index (χ2n) is 5.30. The lowest BCUT2D eigenvalue weighted by Crippen LogP contribution is -2.47. The number of hydrogen-bond acceptors (Lipinski definition) is 4. The standard InChI is InChI=1S/C13H29N3O/c1-12-11-13(5-7-16(12)3)14-6-8-15(2)9-10-17-4/h12-14H,5-11H2,1-4H3. The molecule has 1 saturated heterocycles. The molecule has 2 unspecified atom stereocenters. The van der Waals surface area contributed by atoms with Crippen molar-refractivity contribution in [3.63, 3.8) is 0 Å². The van der Waals surface area contributed by atoms with Gasteiger partial charge in [0.25, 0.3) is 0 Å². The Balaban J connectivity index is 2.06. The predicted molar refractivity (Wildman–Crippen MR) is 72.5 cm³/mol. The number of nitrogens with zero attached hydrogens (tertiary/aromatic N) is 2. The van der Waals surface area contributed by atoms with Crippen LogP contribution in [-0.4, -0.2) is 75.9 Å². The van der Waals surface area contributed by atoms with Crippen molar-refractivity contribution < 1.29 is 4.74 Å². The van der Waals surface area contributed by atoms with E-state index in [4.69, 9.17) is 4.74 Å². The Bertz CT molecular complexity index is 201. The van der Waals surface area contributed by atoms with Gasteiger partial charge in [-0.05, 0) is 40.4 Å². The van der Waals surface area contributed by atoms with E-state index in [2.05, 4.69) is 36.1 Å². The number of methoxy groups -OCH3 is 1. The highest BCUT2D eigenvalue weighted by atomic mass is 16.5. The zero-order valence-corrected chi connectivity index (χ0v) is 11.9. The number of rotatable bonds is 7. The first-order valence-corrected chi connectivity index (χ1v) is 6.74. The third kappa shape index (κ3) is 5.82. The lowest BCUT2D eigenvalue weighted by Gasteiger charge is -2.35. The molecule has 2 atom stereocenters. The summed E-state index contributed by atoms with van der Waals surface area (Å²) >= 11 is 0. The molecule has 17 heavy (non-hydrogen) atoms. The van der Waals surface area contributed by atoms with Crippen molar-refractivity contribution in [2.75, 3.05) is 54.0 Å². The van der Waals surface area contributed by atoms with Crippen molar-refractivity contribution in [2.24, 2.45) is 0 Å². The molecule has 1 aliphatic heterocycles. The van der Waals surface area contributed by atoms with Gasteiger partial charge in [-0.2, -0.15) is 0 Å². The van der Waals surface area contributed by atoms with Gasteiger partial charge >= 0.3 is 0 Å². The molecule has 1 rings (SSSR count). The number of hydrogen-bond donors (Lipinski definition) is 1. The minimum absolute atomic E-state index is 0.706. The predicted octanol–water partition coefficient (Wildman–Crippen LogP) is 0.637. The van der Waals surface area contributed by atoms with Crippen LogP contribution in [0.4, 0.5) is 0 Å². The summed E-state index contributed by atoms with van der Waals surface area (Å²) in [5, 5.41) is 3.67. The molecular formula is C13H29N3O.